The molecule has 0 fully saturated rings. The lowest BCUT2D eigenvalue weighted by atomic mass is 9.89. The smallest absolute Gasteiger partial charge is 0.307 e. The van der Waals surface area contributed by atoms with Crippen molar-refractivity contribution in [1.82, 2.24) is 5.16 Å². The molecule has 5 heteroatoms. The zero-order chi connectivity index (χ0) is 19.2. The second-order valence-corrected chi connectivity index (χ2v) is 6.40. The van der Waals surface area contributed by atoms with Crippen molar-refractivity contribution in [2.45, 2.75) is 18.9 Å². The summed E-state index contributed by atoms with van der Waals surface area (Å²) in [6, 6.07) is 25.2. The van der Waals surface area contributed by atoms with Crippen LogP contribution in [0.3, 0.4) is 0 Å². The number of benzene rings is 2. The van der Waals surface area contributed by atoms with Crippen LogP contribution in [0.5, 0.6) is 0 Å². The Labute approximate surface area is 162 Å². The van der Waals surface area contributed by atoms with Gasteiger partial charge in [0.05, 0.1) is 12.7 Å². The van der Waals surface area contributed by atoms with Crippen molar-refractivity contribution >= 4 is 5.97 Å². The van der Waals surface area contributed by atoms with Gasteiger partial charge >= 0.3 is 5.97 Å². The van der Waals surface area contributed by atoms with Crippen molar-refractivity contribution in [3.8, 4) is 11.5 Å². The first kappa shape index (κ1) is 17.8. The van der Waals surface area contributed by atoms with Gasteiger partial charge in [-0.3, -0.25) is 4.79 Å². The molecule has 0 saturated heterocycles. The molecular formula is C23H19NO4. The molecule has 0 unspecified atom stereocenters. The minimum atomic E-state index is -0.291. The van der Waals surface area contributed by atoms with E-state index >= 15 is 0 Å². The van der Waals surface area contributed by atoms with E-state index in [2.05, 4.69) is 5.16 Å². The second-order valence-electron chi connectivity index (χ2n) is 6.40. The zero-order valence-corrected chi connectivity index (χ0v) is 15.2. The molecule has 0 bridgehead atoms. The van der Waals surface area contributed by atoms with Crippen molar-refractivity contribution in [3.63, 3.8) is 0 Å². The van der Waals surface area contributed by atoms with E-state index in [1.165, 1.54) is 0 Å². The minimum absolute atomic E-state index is 0.0549. The summed E-state index contributed by atoms with van der Waals surface area (Å²) in [7, 11) is 0. The fourth-order valence-electron chi connectivity index (χ4n) is 3.09. The normalized spacial score (nSPS) is 10.9. The minimum Gasteiger partial charge on any atom is -0.461 e. The van der Waals surface area contributed by atoms with Crippen LogP contribution in [0.1, 0.15) is 29.2 Å². The maximum absolute atomic E-state index is 12.5. The lowest BCUT2D eigenvalue weighted by Gasteiger charge is -2.17. The topological polar surface area (TPSA) is 65.5 Å². The fraction of sp³-hybridized carbons (Fsp3) is 0.130. The Balaban J connectivity index is 1.42. The van der Waals surface area contributed by atoms with Crippen LogP contribution in [0.4, 0.5) is 0 Å². The van der Waals surface area contributed by atoms with Gasteiger partial charge in [-0.15, -0.1) is 0 Å². The zero-order valence-electron chi connectivity index (χ0n) is 15.2. The molecule has 0 saturated carbocycles. The molecule has 4 rings (SSSR count). The molecule has 140 valence electrons. The predicted octanol–water partition coefficient (Wildman–Crippen LogP) is 5.20. The number of aromatic nitrogens is 1. The molecule has 0 aliphatic rings. The third kappa shape index (κ3) is 4.20. The lowest BCUT2D eigenvalue weighted by molar-refractivity contribution is -0.145. The number of ether oxygens (including phenoxy) is 1. The molecule has 2 aromatic heterocycles. The number of esters is 1. The monoisotopic (exact) mass is 373 g/mol. The van der Waals surface area contributed by atoms with Crippen LogP contribution in [0, 0.1) is 0 Å². The maximum Gasteiger partial charge on any atom is 0.307 e. The summed E-state index contributed by atoms with van der Waals surface area (Å²) < 4.78 is 15.9. The average Bonchev–Trinajstić information content (AvgIpc) is 3.43. The average molecular weight is 373 g/mol. The molecule has 0 aliphatic heterocycles. The third-order valence-electron chi connectivity index (χ3n) is 4.48. The van der Waals surface area contributed by atoms with Gasteiger partial charge in [-0.05, 0) is 23.3 Å². The molecule has 0 N–H and O–H groups in total. The molecule has 28 heavy (non-hydrogen) atoms. The van der Waals surface area contributed by atoms with Crippen molar-refractivity contribution in [3.05, 3.63) is 102 Å². The molecule has 5 nitrogen and oxygen atoms in total. The Hall–Kier alpha value is -3.60. The van der Waals surface area contributed by atoms with E-state index in [1.807, 2.05) is 60.7 Å². The van der Waals surface area contributed by atoms with Crippen LogP contribution in [0.25, 0.3) is 11.5 Å². The molecule has 2 heterocycles. The Bertz CT molecular complexity index is 968. The SMILES string of the molecule is O=C(CC(c1ccccc1)c1ccccc1)OCc1cc(-c2ccco2)on1. The summed E-state index contributed by atoms with van der Waals surface area (Å²) in [6.45, 7) is 0.0549. The molecule has 4 aromatic rings. The van der Waals surface area contributed by atoms with Crippen LogP contribution in [0.2, 0.25) is 0 Å². The van der Waals surface area contributed by atoms with Crippen molar-refractivity contribution in [2.75, 3.05) is 0 Å². The third-order valence-corrected chi connectivity index (χ3v) is 4.48. The number of hydrogen-bond donors (Lipinski definition) is 0. The lowest BCUT2D eigenvalue weighted by Crippen LogP contribution is -2.12. The number of carbonyl (C=O) groups excluding carboxylic acids is 1. The van der Waals surface area contributed by atoms with Crippen LogP contribution in [-0.4, -0.2) is 11.1 Å². The summed E-state index contributed by atoms with van der Waals surface area (Å²) in [6.07, 6.45) is 1.81. The Kier molecular flexibility index (Phi) is 5.33. The highest BCUT2D eigenvalue weighted by Gasteiger charge is 2.19. The van der Waals surface area contributed by atoms with Gasteiger partial charge in [0.2, 0.25) is 5.76 Å². The summed E-state index contributed by atoms with van der Waals surface area (Å²) in [5.74, 6) is 0.729. The first-order chi connectivity index (χ1) is 13.8. The summed E-state index contributed by atoms with van der Waals surface area (Å²) in [5.41, 5.74) is 2.69. The summed E-state index contributed by atoms with van der Waals surface area (Å²) in [4.78, 5) is 12.5. The molecular weight excluding hydrogens is 354 g/mol. The van der Waals surface area contributed by atoms with Gasteiger partial charge in [0, 0.05) is 12.0 Å². The van der Waals surface area contributed by atoms with Crippen molar-refractivity contribution in [2.24, 2.45) is 0 Å². The van der Waals surface area contributed by atoms with E-state index in [1.54, 1.807) is 24.5 Å². The first-order valence-corrected chi connectivity index (χ1v) is 9.04. The fourth-order valence-corrected chi connectivity index (χ4v) is 3.09. The summed E-state index contributed by atoms with van der Waals surface area (Å²) >= 11 is 0. The van der Waals surface area contributed by atoms with Crippen LogP contribution >= 0.6 is 0 Å². The van der Waals surface area contributed by atoms with E-state index in [4.69, 9.17) is 13.7 Å². The Morgan fingerprint density at radius 1 is 0.893 bits per heavy atom. The van der Waals surface area contributed by atoms with Gasteiger partial charge in [-0.25, -0.2) is 0 Å². The van der Waals surface area contributed by atoms with Gasteiger partial charge in [-0.1, -0.05) is 65.8 Å². The van der Waals surface area contributed by atoms with Crippen LogP contribution in [-0.2, 0) is 16.1 Å². The molecule has 0 aliphatic carbocycles. The van der Waals surface area contributed by atoms with E-state index in [0.29, 0.717) is 17.2 Å². The van der Waals surface area contributed by atoms with Crippen LogP contribution in [0.15, 0.2) is 94.1 Å². The van der Waals surface area contributed by atoms with Crippen LogP contribution < -0.4 is 0 Å². The molecule has 0 atom stereocenters. The van der Waals surface area contributed by atoms with E-state index in [0.717, 1.165) is 11.1 Å². The van der Waals surface area contributed by atoms with Gasteiger partial charge in [0.1, 0.15) is 12.3 Å². The largest absolute Gasteiger partial charge is 0.461 e. The maximum atomic E-state index is 12.5. The predicted molar refractivity (Wildman–Crippen MR) is 103 cm³/mol. The number of carbonyl (C=O) groups is 1. The number of furan rings is 1. The first-order valence-electron chi connectivity index (χ1n) is 9.04. The Morgan fingerprint density at radius 3 is 2.18 bits per heavy atom. The number of rotatable bonds is 7. The van der Waals surface area contributed by atoms with Crippen molar-refractivity contribution < 1.29 is 18.5 Å². The molecule has 0 spiro atoms. The quantitative estimate of drug-likeness (QED) is 0.417. The highest BCUT2D eigenvalue weighted by atomic mass is 16.5. The van der Waals surface area contributed by atoms with Crippen molar-refractivity contribution in [1.29, 1.82) is 0 Å². The molecule has 0 amide bonds. The highest BCUT2D eigenvalue weighted by molar-refractivity contribution is 5.71. The van der Waals surface area contributed by atoms with E-state index in [-0.39, 0.29) is 24.9 Å². The van der Waals surface area contributed by atoms with Gasteiger partial charge < -0.3 is 13.7 Å². The summed E-state index contributed by atoms with van der Waals surface area (Å²) in [5, 5.41) is 3.93. The van der Waals surface area contributed by atoms with Gasteiger partial charge in [0.25, 0.3) is 0 Å². The standard InChI is InChI=1S/C23H19NO4/c25-23(27-16-19-14-22(28-24-19)21-12-7-13-26-21)15-20(17-8-3-1-4-9-17)18-10-5-2-6-11-18/h1-14,20H,15-16H2. The van der Waals surface area contributed by atoms with Gasteiger partial charge in [-0.2, -0.15) is 0 Å². The Morgan fingerprint density at radius 2 is 1.57 bits per heavy atom. The number of hydrogen-bond acceptors (Lipinski definition) is 5. The van der Waals surface area contributed by atoms with E-state index in [9.17, 15) is 4.79 Å². The highest BCUT2D eigenvalue weighted by Crippen LogP contribution is 2.28. The number of nitrogens with zero attached hydrogens (tertiary/aromatic N) is 1. The van der Waals surface area contributed by atoms with E-state index < -0.39 is 0 Å². The molecule has 2 aromatic carbocycles. The molecule has 0 radical (unpaired) electrons. The second kappa shape index (κ2) is 8.39. The van der Waals surface area contributed by atoms with Gasteiger partial charge in [0.15, 0.2) is 5.76 Å².